The average Bonchev–Trinajstić information content (AvgIpc) is 2.55. The molecule has 1 fully saturated rings. The molecule has 1 aliphatic rings. The molecule has 2 unspecified atom stereocenters. The Bertz CT molecular complexity index is 217. The molecule has 2 atom stereocenters. The Labute approximate surface area is 79.8 Å². The summed E-state index contributed by atoms with van der Waals surface area (Å²) in [6.07, 6.45) is 4.06. The van der Waals surface area contributed by atoms with Crippen LogP contribution in [-0.2, 0) is 0 Å². The van der Waals surface area contributed by atoms with Crippen LogP contribution in [0.15, 0.2) is 17.5 Å². The van der Waals surface area contributed by atoms with Crippen molar-refractivity contribution in [1.29, 1.82) is 0 Å². The monoisotopic (exact) mass is 230 g/mol. The van der Waals surface area contributed by atoms with Crippen LogP contribution in [0.2, 0.25) is 0 Å². The summed E-state index contributed by atoms with van der Waals surface area (Å²) in [6, 6.07) is 4.42. The van der Waals surface area contributed by atoms with Crippen molar-refractivity contribution in [3.63, 3.8) is 0 Å². The lowest BCUT2D eigenvalue weighted by atomic mass is 10.1. The Morgan fingerprint density at radius 2 is 2.36 bits per heavy atom. The first-order valence-corrected chi connectivity index (χ1v) is 5.83. The van der Waals surface area contributed by atoms with Crippen molar-refractivity contribution in [2.75, 3.05) is 0 Å². The second-order valence-electron chi connectivity index (χ2n) is 3.12. The fourth-order valence-electron chi connectivity index (χ4n) is 1.71. The van der Waals surface area contributed by atoms with E-state index in [1.54, 1.807) is 4.88 Å². The molecule has 0 saturated heterocycles. The maximum Gasteiger partial charge on any atom is 0.0152 e. The highest BCUT2D eigenvalue weighted by molar-refractivity contribution is 9.09. The number of alkyl halides is 1. The predicted octanol–water partition coefficient (Wildman–Crippen LogP) is 3.78. The molecule has 2 rings (SSSR count). The Hall–Kier alpha value is 0.180. The molecule has 0 radical (unpaired) electrons. The smallest absolute Gasteiger partial charge is 0.0152 e. The van der Waals surface area contributed by atoms with Gasteiger partial charge in [0.15, 0.2) is 0 Å². The maximum absolute atomic E-state index is 3.67. The van der Waals surface area contributed by atoms with Crippen molar-refractivity contribution in [2.45, 2.75) is 30.0 Å². The van der Waals surface area contributed by atoms with Crippen LogP contribution < -0.4 is 0 Å². The summed E-state index contributed by atoms with van der Waals surface area (Å²) >= 11 is 5.57. The number of rotatable bonds is 1. The lowest BCUT2D eigenvalue weighted by Gasteiger charge is -2.04. The summed E-state index contributed by atoms with van der Waals surface area (Å²) in [5, 5.41) is 2.18. The maximum atomic E-state index is 3.67. The molecule has 2 heteroatoms. The molecule has 1 aliphatic carbocycles. The van der Waals surface area contributed by atoms with Crippen molar-refractivity contribution in [3.8, 4) is 0 Å². The third kappa shape index (κ3) is 1.67. The highest BCUT2D eigenvalue weighted by Crippen LogP contribution is 2.39. The minimum Gasteiger partial charge on any atom is -0.149 e. The number of halogens is 1. The third-order valence-corrected chi connectivity index (χ3v) is 4.18. The standard InChI is InChI=1S/C9H11BrS/c10-8-4-3-7(6-8)9-2-1-5-11-9/h1-2,5,7-8H,3-4,6H2. The molecule has 1 saturated carbocycles. The zero-order chi connectivity index (χ0) is 7.68. The van der Waals surface area contributed by atoms with Gasteiger partial charge in [-0.25, -0.2) is 0 Å². The molecule has 11 heavy (non-hydrogen) atoms. The SMILES string of the molecule is BrC1CCC(c2cccs2)C1. The Kier molecular flexibility index (Phi) is 2.33. The van der Waals surface area contributed by atoms with Crippen molar-refractivity contribution >= 4 is 27.3 Å². The normalized spacial score (nSPS) is 31.0. The van der Waals surface area contributed by atoms with Crippen LogP contribution >= 0.6 is 27.3 Å². The van der Waals surface area contributed by atoms with Crippen LogP contribution in [0.4, 0.5) is 0 Å². The first-order chi connectivity index (χ1) is 5.36. The Balaban J connectivity index is 2.08. The summed E-state index contributed by atoms with van der Waals surface area (Å²) in [7, 11) is 0. The largest absolute Gasteiger partial charge is 0.149 e. The molecule has 0 N–H and O–H groups in total. The van der Waals surface area contributed by atoms with Gasteiger partial charge in [-0.15, -0.1) is 11.3 Å². The fraction of sp³-hybridized carbons (Fsp3) is 0.556. The van der Waals surface area contributed by atoms with Crippen LogP contribution in [-0.4, -0.2) is 4.83 Å². The summed E-state index contributed by atoms with van der Waals surface area (Å²) in [4.78, 5) is 2.35. The van der Waals surface area contributed by atoms with Crippen LogP contribution in [0.25, 0.3) is 0 Å². The highest BCUT2D eigenvalue weighted by atomic mass is 79.9. The van der Waals surface area contributed by atoms with Gasteiger partial charge in [-0.3, -0.25) is 0 Å². The molecule has 1 aromatic rings. The molecule has 0 bridgehead atoms. The van der Waals surface area contributed by atoms with Gasteiger partial charge in [-0.2, -0.15) is 0 Å². The van der Waals surface area contributed by atoms with E-state index in [0.29, 0.717) is 0 Å². The summed E-state index contributed by atoms with van der Waals surface area (Å²) < 4.78 is 0. The Morgan fingerprint density at radius 1 is 1.45 bits per heavy atom. The van der Waals surface area contributed by atoms with E-state index >= 15 is 0 Å². The van der Waals surface area contributed by atoms with Crippen molar-refractivity contribution in [1.82, 2.24) is 0 Å². The molecule has 0 amide bonds. The molecule has 0 aliphatic heterocycles. The first-order valence-electron chi connectivity index (χ1n) is 4.04. The lowest BCUT2D eigenvalue weighted by molar-refractivity contribution is 0.740. The van der Waals surface area contributed by atoms with Crippen LogP contribution in [0.3, 0.4) is 0 Å². The molecule has 0 aromatic carbocycles. The second kappa shape index (κ2) is 3.28. The van der Waals surface area contributed by atoms with E-state index in [1.807, 2.05) is 11.3 Å². The fourth-order valence-corrected chi connectivity index (χ4v) is 3.30. The number of thiophene rings is 1. The zero-order valence-electron chi connectivity index (χ0n) is 6.29. The third-order valence-electron chi connectivity index (χ3n) is 2.31. The van der Waals surface area contributed by atoms with Crippen molar-refractivity contribution in [2.24, 2.45) is 0 Å². The van der Waals surface area contributed by atoms with Crippen LogP contribution in [0.1, 0.15) is 30.1 Å². The Morgan fingerprint density at radius 3 is 2.91 bits per heavy atom. The number of hydrogen-bond donors (Lipinski definition) is 0. The predicted molar refractivity (Wildman–Crippen MR) is 53.6 cm³/mol. The molecular weight excluding hydrogens is 220 g/mol. The zero-order valence-corrected chi connectivity index (χ0v) is 8.70. The topological polar surface area (TPSA) is 0 Å². The van der Waals surface area contributed by atoms with E-state index in [0.717, 1.165) is 10.7 Å². The van der Waals surface area contributed by atoms with Gasteiger partial charge in [0.25, 0.3) is 0 Å². The van der Waals surface area contributed by atoms with E-state index in [4.69, 9.17) is 0 Å². The van der Waals surface area contributed by atoms with E-state index < -0.39 is 0 Å². The molecule has 0 spiro atoms. The van der Waals surface area contributed by atoms with Gasteiger partial charge in [0, 0.05) is 9.70 Å². The first kappa shape index (κ1) is 7.81. The van der Waals surface area contributed by atoms with Crippen LogP contribution in [0.5, 0.6) is 0 Å². The van der Waals surface area contributed by atoms with Crippen molar-refractivity contribution in [3.05, 3.63) is 22.4 Å². The van der Waals surface area contributed by atoms with E-state index in [-0.39, 0.29) is 0 Å². The minimum absolute atomic E-state index is 0.773. The van der Waals surface area contributed by atoms with Gasteiger partial charge in [0.05, 0.1) is 0 Å². The second-order valence-corrected chi connectivity index (χ2v) is 5.40. The highest BCUT2D eigenvalue weighted by Gasteiger charge is 2.24. The molecule has 1 aromatic heterocycles. The van der Waals surface area contributed by atoms with Gasteiger partial charge >= 0.3 is 0 Å². The summed E-state index contributed by atoms with van der Waals surface area (Å²) in [6.45, 7) is 0. The van der Waals surface area contributed by atoms with Gasteiger partial charge < -0.3 is 0 Å². The van der Waals surface area contributed by atoms with Gasteiger partial charge in [-0.05, 0) is 36.6 Å². The van der Waals surface area contributed by atoms with Gasteiger partial charge in [-0.1, -0.05) is 22.0 Å². The summed E-state index contributed by atoms with van der Waals surface area (Å²) in [5.41, 5.74) is 0. The van der Waals surface area contributed by atoms with Gasteiger partial charge in [0.1, 0.15) is 0 Å². The van der Waals surface area contributed by atoms with Crippen molar-refractivity contribution < 1.29 is 0 Å². The number of hydrogen-bond acceptors (Lipinski definition) is 1. The molecular formula is C9H11BrS. The summed E-state index contributed by atoms with van der Waals surface area (Å²) in [5.74, 6) is 0.847. The molecule has 60 valence electrons. The van der Waals surface area contributed by atoms with E-state index in [9.17, 15) is 0 Å². The molecule has 1 heterocycles. The lowest BCUT2D eigenvalue weighted by Crippen LogP contribution is -1.90. The van der Waals surface area contributed by atoms with Gasteiger partial charge in [0.2, 0.25) is 0 Å². The van der Waals surface area contributed by atoms with Crippen LogP contribution in [0, 0.1) is 0 Å². The van der Waals surface area contributed by atoms with E-state index in [2.05, 4.69) is 33.4 Å². The average molecular weight is 231 g/mol. The minimum atomic E-state index is 0.773. The molecule has 0 nitrogen and oxygen atoms in total. The quantitative estimate of drug-likeness (QED) is 0.645. The van der Waals surface area contributed by atoms with E-state index in [1.165, 1.54) is 19.3 Å².